The summed E-state index contributed by atoms with van der Waals surface area (Å²) in [6.07, 6.45) is 2.81. The molecule has 1 atom stereocenters. The number of likely N-dealkylation sites (tertiary alicyclic amines) is 1. The molecule has 0 bridgehead atoms. The van der Waals surface area contributed by atoms with Crippen molar-refractivity contribution in [3.63, 3.8) is 0 Å². The van der Waals surface area contributed by atoms with E-state index >= 15 is 0 Å². The molecular weight excluding hydrogens is 148 g/mol. The second-order valence-corrected chi connectivity index (χ2v) is 4.74. The summed E-state index contributed by atoms with van der Waals surface area (Å²) in [4.78, 5) is 2.62. The monoisotopic (exact) mass is 168 g/mol. The first kappa shape index (κ1) is 8.52. The zero-order valence-corrected chi connectivity index (χ0v) is 8.27. The lowest BCUT2D eigenvalue weighted by Gasteiger charge is -2.25. The highest BCUT2D eigenvalue weighted by atomic mass is 15.2. The summed E-state index contributed by atoms with van der Waals surface area (Å²) >= 11 is 0. The van der Waals surface area contributed by atoms with Crippen LogP contribution in [0.2, 0.25) is 0 Å². The molecule has 0 aliphatic carbocycles. The maximum Gasteiger partial charge on any atom is 0.00538 e. The van der Waals surface area contributed by atoms with Crippen molar-refractivity contribution in [2.75, 3.05) is 26.2 Å². The van der Waals surface area contributed by atoms with Gasteiger partial charge in [-0.2, -0.15) is 0 Å². The molecular formula is C10H20N2. The fourth-order valence-electron chi connectivity index (χ4n) is 2.55. The maximum absolute atomic E-state index is 3.49. The average Bonchev–Trinajstić information content (AvgIpc) is 2.62. The highest BCUT2D eigenvalue weighted by Crippen LogP contribution is 2.36. The normalized spacial score (nSPS) is 37.2. The second-order valence-electron chi connectivity index (χ2n) is 4.74. The van der Waals surface area contributed by atoms with Crippen LogP contribution in [-0.2, 0) is 0 Å². The number of rotatable bonds is 1. The Morgan fingerprint density at radius 2 is 2.17 bits per heavy atom. The third-order valence-electron chi connectivity index (χ3n) is 3.53. The van der Waals surface area contributed by atoms with Crippen LogP contribution in [0.3, 0.4) is 0 Å². The lowest BCUT2D eigenvalue weighted by molar-refractivity contribution is 0.233. The standard InChI is InChI=1S/C10H20N2/c1-9(2)12-6-4-10(8-12)3-5-11-7-10/h9,11H,3-8H2,1-2H3/t10-/m1/s1. The van der Waals surface area contributed by atoms with Crippen LogP contribution in [0.5, 0.6) is 0 Å². The zero-order valence-electron chi connectivity index (χ0n) is 8.27. The summed E-state index contributed by atoms with van der Waals surface area (Å²) in [5.41, 5.74) is 0.657. The van der Waals surface area contributed by atoms with E-state index in [1.807, 2.05) is 0 Å². The van der Waals surface area contributed by atoms with Crippen LogP contribution in [-0.4, -0.2) is 37.1 Å². The van der Waals surface area contributed by atoms with Gasteiger partial charge in [-0.15, -0.1) is 0 Å². The topological polar surface area (TPSA) is 15.3 Å². The van der Waals surface area contributed by atoms with E-state index in [1.54, 1.807) is 0 Å². The highest BCUT2D eigenvalue weighted by molar-refractivity contribution is 4.96. The Morgan fingerprint density at radius 3 is 2.67 bits per heavy atom. The molecule has 0 aromatic carbocycles. The molecule has 2 heterocycles. The first-order chi connectivity index (χ1) is 5.72. The third kappa shape index (κ3) is 1.38. The van der Waals surface area contributed by atoms with Gasteiger partial charge in [-0.3, -0.25) is 0 Å². The summed E-state index contributed by atoms with van der Waals surface area (Å²) in [6.45, 7) is 9.77. The summed E-state index contributed by atoms with van der Waals surface area (Å²) < 4.78 is 0. The molecule has 2 nitrogen and oxygen atoms in total. The Labute approximate surface area is 75.3 Å². The maximum atomic E-state index is 3.49. The Morgan fingerprint density at radius 1 is 1.33 bits per heavy atom. The van der Waals surface area contributed by atoms with E-state index in [4.69, 9.17) is 0 Å². The fourth-order valence-corrected chi connectivity index (χ4v) is 2.55. The lowest BCUT2D eigenvalue weighted by Crippen LogP contribution is -2.33. The Hall–Kier alpha value is -0.0800. The molecule has 2 aliphatic heterocycles. The summed E-state index contributed by atoms with van der Waals surface area (Å²) in [5.74, 6) is 0. The molecule has 12 heavy (non-hydrogen) atoms. The van der Waals surface area contributed by atoms with Crippen LogP contribution < -0.4 is 5.32 Å². The lowest BCUT2D eigenvalue weighted by atomic mass is 9.86. The van der Waals surface area contributed by atoms with Crippen LogP contribution in [0.15, 0.2) is 0 Å². The van der Waals surface area contributed by atoms with Crippen molar-refractivity contribution in [3.8, 4) is 0 Å². The molecule has 0 saturated carbocycles. The van der Waals surface area contributed by atoms with Gasteiger partial charge < -0.3 is 10.2 Å². The van der Waals surface area contributed by atoms with Gasteiger partial charge in [0.1, 0.15) is 0 Å². The van der Waals surface area contributed by atoms with E-state index in [0.717, 1.165) is 6.04 Å². The molecule has 2 saturated heterocycles. The summed E-state index contributed by atoms with van der Waals surface area (Å²) in [5, 5.41) is 3.49. The van der Waals surface area contributed by atoms with Crippen LogP contribution in [0.1, 0.15) is 26.7 Å². The molecule has 0 aromatic rings. The van der Waals surface area contributed by atoms with Gasteiger partial charge in [0.15, 0.2) is 0 Å². The van der Waals surface area contributed by atoms with Gasteiger partial charge in [-0.25, -0.2) is 0 Å². The number of hydrogen-bond donors (Lipinski definition) is 1. The fraction of sp³-hybridized carbons (Fsp3) is 1.00. The third-order valence-corrected chi connectivity index (χ3v) is 3.53. The van der Waals surface area contributed by atoms with Crippen molar-refractivity contribution in [2.45, 2.75) is 32.7 Å². The molecule has 1 N–H and O–H groups in total. The van der Waals surface area contributed by atoms with E-state index < -0.39 is 0 Å². The van der Waals surface area contributed by atoms with Gasteiger partial charge in [-0.1, -0.05) is 0 Å². The smallest absolute Gasteiger partial charge is 0.00538 e. The largest absolute Gasteiger partial charge is 0.316 e. The Kier molecular flexibility index (Phi) is 2.13. The van der Waals surface area contributed by atoms with Gasteiger partial charge in [0, 0.05) is 19.1 Å². The minimum atomic E-state index is 0.657. The molecule has 2 heteroatoms. The Balaban J connectivity index is 1.96. The summed E-state index contributed by atoms with van der Waals surface area (Å²) in [6, 6.07) is 0.741. The molecule has 0 unspecified atom stereocenters. The van der Waals surface area contributed by atoms with Crippen LogP contribution in [0.25, 0.3) is 0 Å². The van der Waals surface area contributed by atoms with Crippen molar-refractivity contribution in [2.24, 2.45) is 5.41 Å². The predicted octanol–water partition coefficient (Wildman–Crippen LogP) is 1.08. The number of hydrogen-bond acceptors (Lipinski definition) is 2. The number of nitrogens with one attached hydrogen (secondary N) is 1. The quantitative estimate of drug-likeness (QED) is 0.630. The van der Waals surface area contributed by atoms with Crippen LogP contribution in [0.4, 0.5) is 0 Å². The van der Waals surface area contributed by atoms with Crippen molar-refractivity contribution in [1.82, 2.24) is 10.2 Å². The first-order valence-corrected chi connectivity index (χ1v) is 5.17. The van der Waals surface area contributed by atoms with E-state index in [1.165, 1.54) is 39.0 Å². The molecule has 0 amide bonds. The molecule has 2 rings (SSSR count). The van der Waals surface area contributed by atoms with Gasteiger partial charge in [0.25, 0.3) is 0 Å². The first-order valence-electron chi connectivity index (χ1n) is 5.17. The number of nitrogens with zero attached hydrogens (tertiary/aromatic N) is 1. The van der Waals surface area contributed by atoms with Crippen molar-refractivity contribution >= 4 is 0 Å². The van der Waals surface area contributed by atoms with Crippen LogP contribution in [0, 0.1) is 5.41 Å². The van der Waals surface area contributed by atoms with Crippen molar-refractivity contribution < 1.29 is 0 Å². The second kappa shape index (κ2) is 3.00. The minimum Gasteiger partial charge on any atom is -0.316 e. The molecule has 70 valence electrons. The SMILES string of the molecule is CC(C)N1CC[C@@]2(CCNC2)C1. The Bertz CT molecular complexity index is 159. The van der Waals surface area contributed by atoms with E-state index in [0.29, 0.717) is 5.41 Å². The van der Waals surface area contributed by atoms with Gasteiger partial charge in [0.2, 0.25) is 0 Å². The van der Waals surface area contributed by atoms with Gasteiger partial charge in [0.05, 0.1) is 0 Å². The van der Waals surface area contributed by atoms with Crippen molar-refractivity contribution in [3.05, 3.63) is 0 Å². The van der Waals surface area contributed by atoms with E-state index in [-0.39, 0.29) is 0 Å². The molecule has 1 spiro atoms. The molecule has 0 radical (unpaired) electrons. The van der Waals surface area contributed by atoms with E-state index in [2.05, 4.69) is 24.1 Å². The molecule has 2 fully saturated rings. The zero-order chi connectivity index (χ0) is 8.60. The van der Waals surface area contributed by atoms with E-state index in [9.17, 15) is 0 Å². The van der Waals surface area contributed by atoms with Gasteiger partial charge >= 0.3 is 0 Å². The summed E-state index contributed by atoms with van der Waals surface area (Å²) in [7, 11) is 0. The average molecular weight is 168 g/mol. The predicted molar refractivity (Wildman–Crippen MR) is 51.2 cm³/mol. The molecule has 0 aromatic heterocycles. The minimum absolute atomic E-state index is 0.657. The van der Waals surface area contributed by atoms with Crippen molar-refractivity contribution in [1.29, 1.82) is 0 Å². The van der Waals surface area contributed by atoms with Gasteiger partial charge in [-0.05, 0) is 45.2 Å². The highest BCUT2D eigenvalue weighted by Gasteiger charge is 2.40. The van der Waals surface area contributed by atoms with Crippen LogP contribution >= 0.6 is 0 Å². The molecule has 2 aliphatic rings.